The van der Waals surface area contributed by atoms with E-state index < -0.39 is 0 Å². The van der Waals surface area contributed by atoms with Gasteiger partial charge in [0, 0.05) is 12.5 Å². The molecule has 0 aliphatic heterocycles. The molecule has 1 unspecified atom stereocenters. The quantitative estimate of drug-likeness (QED) is 0.777. The van der Waals surface area contributed by atoms with Crippen LogP contribution in [-0.4, -0.2) is 38.6 Å². The number of aromatic amines is 1. The number of hydrogen-bond acceptors (Lipinski definition) is 6. The summed E-state index contributed by atoms with van der Waals surface area (Å²) < 4.78 is 5.22. The lowest BCUT2D eigenvalue weighted by atomic mass is 10.1. The van der Waals surface area contributed by atoms with Crippen molar-refractivity contribution in [2.75, 3.05) is 7.05 Å². The van der Waals surface area contributed by atoms with E-state index in [0.29, 0.717) is 23.5 Å². The highest BCUT2D eigenvalue weighted by atomic mass is 16.5. The van der Waals surface area contributed by atoms with Crippen molar-refractivity contribution in [2.24, 2.45) is 5.92 Å². The van der Waals surface area contributed by atoms with Crippen LogP contribution in [0.2, 0.25) is 0 Å². The van der Waals surface area contributed by atoms with Gasteiger partial charge in [0.25, 0.3) is 0 Å². The van der Waals surface area contributed by atoms with E-state index in [2.05, 4.69) is 30.9 Å². The predicted octanol–water partition coefficient (Wildman–Crippen LogP) is 0.395. The van der Waals surface area contributed by atoms with Crippen molar-refractivity contribution < 1.29 is 4.52 Å². The van der Waals surface area contributed by atoms with Gasteiger partial charge in [0.2, 0.25) is 11.7 Å². The Bertz CT molecular complexity index is 475. The van der Waals surface area contributed by atoms with E-state index in [-0.39, 0.29) is 0 Å². The topological polar surface area (TPSA) is 92.5 Å². The Balaban J connectivity index is 1.71. The second-order valence-corrected chi connectivity index (χ2v) is 4.30. The van der Waals surface area contributed by atoms with Gasteiger partial charge in [0.1, 0.15) is 0 Å². The summed E-state index contributed by atoms with van der Waals surface area (Å²) in [5, 5.41) is 17.3. The van der Waals surface area contributed by atoms with Crippen LogP contribution in [-0.2, 0) is 6.42 Å². The van der Waals surface area contributed by atoms with Gasteiger partial charge in [0.15, 0.2) is 5.69 Å². The summed E-state index contributed by atoms with van der Waals surface area (Å²) in [4.78, 5) is 4.31. The van der Waals surface area contributed by atoms with Gasteiger partial charge in [-0.15, -0.1) is 0 Å². The maximum Gasteiger partial charge on any atom is 0.228 e. The van der Waals surface area contributed by atoms with Crippen molar-refractivity contribution in [1.29, 1.82) is 0 Å². The first-order valence-electron chi connectivity index (χ1n) is 5.73. The van der Waals surface area contributed by atoms with Crippen LogP contribution in [0.5, 0.6) is 0 Å². The lowest BCUT2D eigenvalue weighted by Gasteiger charge is -2.11. The maximum absolute atomic E-state index is 5.22. The fraction of sp³-hybridized carbons (Fsp3) is 0.600. The van der Waals surface area contributed by atoms with Crippen molar-refractivity contribution in [3.05, 3.63) is 12.1 Å². The van der Waals surface area contributed by atoms with Gasteiger partial charge in [-0.25, -0.2) is 0 Å². The minimum Gasteiger partial charge on any atom is -0.339 e. The van der Waals surface area contributed by atoms with Crippen LogP contribution in [0, 0.1) is 5.92 Å². The molecule has 0 amide bonds. The molecule has 2 aromatic heterocycles. The Hall–Kier alpha value is -1.76. The van der Waals surface area contributed by atoms with Crippen molar-refractivity contribution >= 4 is 0 Å². The van der Waals surface area contributed by atoms with Gasteiger partial charge in [-0.1, -0.05) is 5.16 Å². The summed E-state index contributed by atoms with van der Waals surface area (Å²) in [5.74, 6) is 1.89. The molecule has 7 heteroatoms. The molecule has 2 N–H and O–H groups in total. The number of aromatic nitrogens is 5. The molecule has 90 valence electrons. The van der Waals surface area contributed by atoms with Gasteiger partial charge >= 0.3 is 0 Å². The van der Waals surface area contributed by atoms with Gasteiger partial charge in [0.05, 0.1) is 6.20 Å². The third kappa shape index (κ3) is 2.19. The molecule has 0 radical (unpaired) electrons. The lowest BCUT2D eigenvalue weighted by Crippen LogP contribution is -2.29. The summed E-state index contributed by atoms with van der Waals surface area (Å²) in [6.45, 7) is 0. The zero-order valence-corrected chi connectivity index (χ0v) is 9.55. The van der Waals surface area contributed by atoms with Crippen LogP contribution in [0.4, 0.5) is 0 Å². The van der Waals surface area contributed by atoms with Crippen LogP contribution < -0.4 is 5.32 Å². The van der Waals surface area contributed by atoms with E-state index >= 15 is 0 Å². The number of H-pyrrole nitrogens is 1. The smallest absolute Gasteiger partial charge is 0.228 e. The SMILES string of the molecule is CNC(Cc1nc(-c2cn[nH]n2)no1)C1CC1. The average Bonchev–Trinajstić information content (AvgIpc) is 2.88. The molecule has 3 rings (SSSR count). The lowest BCUT2D eigenvalue weighted by molar-refractivity contribution is 0.352. The second-order valence-electron chi connectivity index (χ2n) is 4.30. The van der Waals surface area contributed by atoms with Crippen LogP contribution in [0.3, 0.4) is 0 Å². The fourth-order valence-corrected chi connectivity index (χ4v) is 1.94. The normalized spacial score (nSPS) is 17.2. The van der Waals surface area contributed by atoms with Gasteiger partial charge < -0.3 is 9.84 Å². The molecular weight excluding hydrogens is 220 g/mol. The van der Waals surface area contributed by atoms with Crippen LogP contribution in [0.1, 0.15) is 18.7 Å². The molecule has 0 bridgehead atoms. The van der Waals surface area contributed by atoms with Crippen LogP contribution >= 0.6 is 0 Å². The number of nitrogens with one attached hydrogen (secondary N) is 2. The Kier molecular flexibility index (Phi) is 2.60. The van der Waals surface area contributed by atoms with Crippen LogP contribution in [0.25, 0.3) is 11.5 Å². The standard InChI is InChI=1S/C10H14N6O/c1-11-7(6-2-3-6)4-9-13-10(15-17-9)8-5-12-16-14-8/h5-7,11H,2-4H2,1H3,(H,12,14,16). The number of likely N-dealkylation sites (N-methyl/N-ethyl adjacent to an activating group) is 1. The van der Waals surface area contributed by atoms with Crippen molar-refractivity contribution in [2.45, 2.75) is 25.3 Å². The molecule has 1 saturated carbocycles. The van der Waals surface area contributed by atoms with E-state index in [0.717, 1.165) is 12.3 Å². The molecule has 0 spiro atoms. The monoisotopic (exact) mass is 234 g/mol. The van der Waals surface area contributed by atoms with Crippen molar-refractivity contribution in [3.63, 3.8) is 0 Å². The largest absolute Gasteiger partial charge is 0.339 e. The number of nitrogens with zero attached hydrogens (tertiary/aromatic N) is 4. The third-order valence-corrected chi connectivity index (χ3v) is 3.07. The zero-order chi connectivity index (χ0) is 11.7. The first-order chi connectivity index (χ1) is 8.36. The molecule has 2 aromatic rings. The van der Waals surface area contributed by atoms with Gasteiger partial charge in [-0.05, 0) is 25.8 Å². The highest BCUT2D eigenvalue weighted by molar-refractivity contribution is 5.44. The molecule has 17 heavy (non-hydrogen) atoms. The highest BCUT2D eigenvalue weighted by Gasteiger charge is 2.31. The average molecular weight is 234 g/mol. The van der Waals surface area contributed by atoms with E-state index in [1.165, 1.54) is 12.8 Å². The summed E-state index contributed by atoms with van der Waals surface area (Å²) in [6.07, 6.45) is 4.92. The predicted molar refractivity (Wildman–Crippen MR) is 59.0 cm³/mol. The third-order valence-electron chi connectivity index (χ3n) is 3.07. The van der Waals surface area contributed by atoms with E-state index in [1.807, 2.05) is 7.05 Å². The van der Waals surface area contributed by atoms with E-state index in [1.54, 1.807) is 6.20 Å². The molecule has 1 atom stereocenters. The van der Waals surface area contributed by atoms with Gasteiger partial charge in [-0.3, -0.25) is 0 Å². The number of rotatable bonds is 5. The summed E-state index contributed by atoms with van der Waals surface area (Å²) in [6, 6.07) is 0.431. The highest BCUT2D eigenvalue weighted by Crippen LogP contribution is 2.33. The summed E-state index contributed by atoms with van der Waals surface area (Å²) >= 11 is 0. The van der Waals surface area contributed by atoms with Crippen LogP contribution in [0.15, 0.2) is 10.7 Å². The number of hydrogen-bond donors (Lipinski definition) is 2. The van der Waals surface area contributed by atoms with E-state index in [4.69, 9.17) is 4.52 Å². The minimum atomic E-state index is 0.431. The Morgan fingerprint density at radius 1 is 1.59 bits per heavy atom. The minimum absolute atomic E-state index is 0.431. The van der Waals surface area contributed by atoms with Crippen molar-refractivity contribution in [3.8, 4) is 11.5 Å². The van der Waals surface area contributed by atoms with E-state index in [9.17, 15) is 0 Å². The van der Waals surface area contributed by atoms with Gasteiger partial charge in [-0.2, -0.15) is 20.4 Å². The first-order valence-corrected chi connectivity index (χ1v) is 5.73. The second kappa shape index (κ2) is 4.25. The molecule has 2 heterocycles. The van der Waals surface area contributed by atoms with Crippen molar-refractivity contribution in [1.82, 2.24) is 30.9 Å². The molecule has 0 saturated heterocycles. The maximum atomic E-state index is 5.22. The first kappa shape index (κ1) is 10.4. The molecule has 0 aromatic carbocycles. The molecule has 7 nitrogen and oxygen atoms in total. The fourth-order valence-electron chi connectivity index (χ4n) is 1.94. The summed E-state index contributed by atoms with van der Waals surface area (Å²) in [5.41, 5.74) is 0.604. The molecular formula is C10H14N6O. The zero-order valence-electron chi connectivity index (χ0n) is 9.55. The Morgan fingerprint density at radius 3 is 3.12 bits per heavy atom. The molecule has 1 aliphatic carbocycles. The molecule has 1 fully saturated rings. The Labute approximate surface area is 98.0 Å². The molecule has 1 aliphatic rings. The Morgan fingerprint density at radius 2 is 2.47 bits per heavy atom. The summed E-state index contributed by atoms with van der Waals surface area (Å²) in [7, 11) is 1.97.